The number of aliphatic hydroxyl groups excluding tert-OH is 1. The standard InChI is InChI=1S/C23H30N4O5/c1-31-18-4-2-17(3-5-18)26-23(30)27-20-7-6-19(32-21(20)15-28)10-13-25-22(29)14-16-8-11-24-12-9-16/h2-5,8-9,11-12,19-21,28H,6-7,10,13-15H2,1H3,(H,25,29)(H2,26,27,30)/t19-,20-,21-/m0/s1. The maximum atomic E-state index is 12.3. The van der Waals surface area contributed by atoms with Gasteiger partial charge >= 0.3 is 6.03 Å². The van der Waals surface area contributed by atoms with Crippen molar-refractivity contribution in [2.75, 3.05) is 25.6 Å². The Hall–Kier alpha value is -3.17. The lowest BCUT2D eigenvalue weighted by Crippen LogP contribution is -2.52. The Kier molecular flexibility index (Phi) is 8.82. The van der Waals surface area contributed by atoms with Crippen LogP contribution in [0.1, 0.15) is 24.8 Å². The molecule has 0 spiro atoms. The van der Waals surface area contributed by atoms with Gasteiger partial charge in [-0.1, -0.05) is 0 Å². The quantitative estimate of drug-likeness (QED) is 0.470. The number of aliphatic hydroxyl groups is 1. The van der Waals surface area contributed by atoms with Gasteiger partial charge in [-0.2, -0.15) is 0 Å². The molecular formula is C23H30N4O5. The average Bonchev–Trinajstić information content (AvgIpc) is 2.81. The number of nitrogens with zero attached hydrogens (tertiary/aromatic N) is 1. The van der Waals surface area contributed by atoms with E-state index in [0.29, 0.717) is 37.2 Å². The summed E-state index contributed by atoms with van der Waals surface area (Å²) in [5.41, 5.74) is 1.55. The minimum atomic E-state index is -0.497. The molecule has 9 nitrogen and oxygen atoms in total. The van der Waals surface area contributed by atoms with E-state index < -0.39 is 6.10 Å². The Labute approximate surface area is 187 Å². The van der Waals surface area contributed by atoms with Gasteiger partial charge in [0, 0.05) is 24.6 Å². The molecule has 0 bridgehead atoms. The third kappa shape index (κ3) is 7.21. The second-order valence-electron chi connectivity index (χ2n) is 7.66. The fraction of sp³-hybridized carbons (Fsp3) is 0.435. The van der Waals surface area contributed by atoms with Crippen LogP contribution in [-0.2, 0) is 16.0 Å². The van der Waals surface area contributed by atoms with Crippen LogP contribution < -0.4 is 20.7 Å². The van der Waals surface area contributed by atoms with Crippen LogP contribution in [0.15, 0.2) is 48.8 Å². The van der Waals surface area contributed by atoms with Crippen molar-refractivity contribution in [3.63, 3.8) is 0 Å². The molecule has 1 aromatic carbocycles. The number of urea groups is 1. The van der Waals surface area contributed by atoms with Crippen LogP contribution in [0.3, 0.4) is 0 Å². The zero-order valence-electron chi connectivity index (χ0n) is 18.1. The number of pyridine rings is 1. The first-order chi connectivity index (χ1) is 15.6. The minimum Gasteiger partial charge on any atom is -0.497 e. The molecule has 172 valence electrons. The van der Waals surface area contributed by atoms with Gasteiger partial charge in [0.15, 0.2) is 0 Å². The third-order valence-corrected chi connectivity index (χ3v) is 5.36. The summed E-state index contributed by atoms with van der Waals surface area (Å²) >= 11 is 0. The highest BCUT2D eigenvalue weighted by molar-refractivity contribution is 5.89. The number of carbonyl (C=O) groups excluding carboxylic acids is 2. The van der Waals surface area contributed by atoms with E-state index in [-0.39, 0.29) is 30.7 Å². The van der Waals surface area contributed by atoms with Gasteiger partial charge < -0.3 is 30.5 Å². The van der Waals surface area contributed by atoms with Crippen LogP contribution in [0.25, 0.3) is 0 Å². The smallest absolute Gasteiger partial charge is 0.319 e. The largest absolute Gasteiger partial charge is 0.497 e. The van der Waals surface area contributed by atoms with Crippen LogP contribution in [0.2, 0.25) is 0 Å². The number of amides is 3. The van der Waals surface area contributed by atoms with E-state index in [2.05, 4.69) is 20.9 Å². The normalized spacial score (nSPS) is 20.2. The SMILES string of the molecule is COc1ccc(NC(=O)N[C@H]2CC[C@@H](CCNC(=O)Cc3ccncc3)O[C@H]2CO)cc1. The number of ether oxygens (including phenoxy) is 2. The summed E-state index contributed by atoms with van der Waals surface area (Å²) in [7, 11) is 1.58. The van der Waals surface area contributed by atoms with Crippen LogP contribution in [0.5, 0.6) is 5.75 Å². The lowest BCUT2D eigenvalue weighted by molar-refractivity contribution is -0.121. The van der Waals surface area contributed by atoms with Gasteiger partial charge in [0.05, 0.1) is 32.3 Å². The van der Waals surface area contributed by atoms with E-state index in [0.717, 1.165) is 12.0 Å². The molecule has 0 radical (unpaired) electrons. The fourth-order valence-electron chi connectivity index (χ4n) is 3.64. The summed E-state index contributed by atoms with van der Waals surface area (Å²) in [6.07, 6.45) is 5.09. The van der Waals surface area contributed by atoms with E-state index in [1.54, 1.807) is 43.8 Å². The van der Waals surface area contributed by atoms with Crippen molar-refractivity contribution in [3.05, 3.63) is 54.4 Å². The highest BCUT2D eigenvalue weighted by atomic mass is 16.5. The average molecular weight is 443 g/mol. The Morgan fingerprint density at radius 3 is 2.59 bits per heavy atom. The molecule has 1 fully saturated rings. The van der Waals surface area contributed by atoms with E-state index in [4.69, 9.17) is 9.47 Å². The Balaban J connectivity index is 1.39. The number of anilines is 1. The topological polar surface area (TPSA) is 122 Å². The third-order valence-electron chi connectivity index (χ3n) is 5.36. The number of aromatic nitrogens is 1. The molecule has 4 N–H and O–H groups in total. The molecule has 1 aromatic heterocycles. The molecule has 1 saturated heterocycles. The molecule has 9 heteroatoms. The zero-order chi connectivity index (χ0) is 22.8. The van der Waals surface area contributed by atoms with Gasteiger partial charge in [-0.3, -0.25) is 9.78 Å². The summed E-state index contributed by atoms with van der Waals surface area (Å²) in [4.78, 5) is 28.3. The molecular weight excluding hydrogens is 412 g/mol. The first-order valence-corrected chi connectivity index (χ1v) is 10.7. The van der Waals surface area contributed by atoms with E-state index in [1.165, 1.54) is 0 Å². The maximum absolute atomic E-state index is 12.3. The van der Waals surface area contributed by atoms with Crippen molar-refractivity contribution in [3.8, 4) is 5.75 Å². The van der Waals surface area contributed by atoms with Crippen LogP contribution in [0, 0.1) is 0 Å². The van der Waals surface area contributed by atoms with Crippen molar-refractivity contribution in [1.29, 1.82) is 0 Å². The van der Waals surface area contributed by atoms with Crippen molar-refractivity contribution >= 4 is 17.6 Å². The predicted octanol–water partition coefficient (Wildman–Crippen LogP) is 1.87. The molecule has 3 atom stereocenters. The van der Waals surface area contributed by atoms with Gasteiger partial charge in [0.2, 0.25) is 5.91 Å². The highest BCUT2D eigenvalue weighted by Gasteiger charge is 2.31. The molecule has 3 amide bonds. The van der Waals surface area contributed by atoms with Crippen molar-refractivity contribution in [1.82, 2.24) is 15.6 Å². The summed E-state index contributed by atoms with van der Waals surface area (Å²) in [6.45, 7) is 0.293. The van der Waals surface area contributed by atoms with Gasteiger partial charge in [-0.05, 0) is 61.2 Å². The number of rotatable bonds is 9. The molecule has 0 aliphatic carbocycles. The van der Waals surface area contributed by atoms with E-state index >= 15 is 0 Å². The van der Waals surface area contributed by atoms with Gasteiger partial charge in [-0.15, -0.1) is 0 Å². The molecule has 0 unspecified atom stereocenters. The van der Waals surface area contributed by atoms with Gasteiger partial charge in [-0.25, -0.2) is 4.79 Å². The zero-order valence-corrected chi connectivity index (χ0v) is 18.1. The first-order valence-electron chi connectivity index (χ1n) is 10.7. The maximum Gasteiger partial charge on any atom is 0.319 e. The summed E-state index contributed by atoms with van der Waals surface area (Å²) in [5.74, 6) is 0.650. The number of hydrogen-bond acceptors (Lipinski definition) is 6. The summed E-state index contributed by atoms with van der Waals surface area (Å²) in [6, 6.07) is 9.99. The highest BCUT2D eigenvalue weighted by Crippen LogP contribution is 2.22. The summed E-state index contributed by atoms with van der Waals surface area (Å²) in [5, 5.41) is 18.3. The second kappa shape index (κ2) is 12.0. The number of benzene rings is 1. The molecule has 2 heterocycles. The molecule has 32 heavy (non-hydrogen) atoms. The molecule has 3 rings (SSSR count). The monoisotopic (exact) mass is 442 g/mol. The lowest BCUT2D eigenvalue weighted by Gasteiger charge is -2.36. The Morgan fingerprint density at radius 2 is 1.91 bits per heavy atom. The lowest BCUT2D eigenvalue weighted by atomic mass is 9.97. The van der Waals surface area contributed by atoms with E-state index in [9.17, 15) is 14.7 Å². The van der Waals surface area contributed by atoms with E-state index in [1.807, 2.05) is 12.1 Å². The van der Waals surface area contributed by atoms with Crippen LogP contribution >= 0.6 is 0 Å². The van der Waals surface area contributed by atoms with Crippen molar-refractivity contribution in [2.24, 2.45) is 0 Å². The molecule has 0 saturated carbocycles. The number of hydrogen-bond donors (Lipinski definition) is 4. The molecule has 1 aliphatic rings. The number of methoxy groups -OCH3 is 1. The van der Waals surface area contributed by atoms with Crippen LogP contribution in [-0.4, -0.2) is 60.5 Å². The summed E-state index contributed by atoms with van der Waals surface area (Å²) < 4.78 is 11.1. The van der Waals surface area contributed by atoms with Gasteiger partial charge in [0.1, 0.15) is 11.9 Å². The minimum absolute atomic E-state index is 0.0551. The van der Waals surface area contributed by atoms with Gasteiger partial charge in [0.25, 0.3) is 0 Å². The number of nitrogens with one attached hydrogen (secondary N) is 3. The van der Waals surface area contributed by atoms with Crippen LogP contribution in [0.4, 0.5) is 10.5 Å². The Bertz CT molecular complexity index is 862. The number of carbonyl (C=O) groups is 2. The first kappa shape index (κ1) is 23.5. The Morgan fingerprint density at radius 1 is 1.16 bits per heavy atom. The molecule has 1 aliphatic heterocycles. The van der Waals surface area contributed by atoms with Crippen molar-refractivity contribution in [2.45, 2.75) is 43.9 Å². The molecule has 2 aromatic rings. The predicted molar refractivity (Wildman–Crippen MR) is 119 cm³/mol. The fourth-order valence-corrected chi connectivity index (χ4v) is 3.64. The van der Waals surface area contributed by atoms with Crippen molar-refractivity contribution < 1.29 is 24.2 Å². The second-order valence-corrected chi connectivity index (χ2v) is 7.66.